The minimum Gasteiger partial charge on any atom is -0.381 e. The van der Waals surface area contributed by atoms with Gasteiger partial charge in [0.05, 0.1) is 6.42 Å². The molecule has 0 bridgehead atoms. The van der Waals surface area contributed by atoms with Gasteiger partial charge in [0.2, 0.25) is 5.91 Å². The number of nitrogens with one attached hydrogen (secondary N) is 1. The maximum absolute atomic E-state index is 12.5. The molecule has 1 heterocycles. The van der Waals surface area contributed by atoms with Crippen molar-refractivity contribution >= 4 is 5.91 Å². The van der Waals surface area contributed by atoms with Crippen LogP contribution in [0.2, 0.25) is 0 Å². The second-order valence-corrected chi connectivity index (χ2v) is 7.14. The molecular weight excluding hydrogens is 310 g/mol. The molecule has 1 amide bonds. The lowest BCUT2D eigenvalue weighted by Gasteiger charge is -2.38. The summed E-state index contributed by atoms with van der Waals surface area (Å²) in [7, 11) is 0. The normalized spacial score (nSPS) is 16.4. The summed E-state index contributed by atoms with van der Waals surface area (Å²) >= 11 is 0. The summed E-state index contributed by atoms with van der Waals surface area (Å²) in [5, 5.41) is 3.19. The molecule has 0 radical (unpaired) electrons. The minimum absolute atomic E-state index is 0.0164. The molecule has 1 saturated heterocycles. The van der Waals surface area contributed by atoms with Gasteiger partial charge in [-0.1, -0.05) is 54.1 Å². The summed E-state index contributed by atoms with van der Waals surface area (Å²) in [4.78, 5) is 12.5. The summed E-state index contributed by atoms with van der Waals surface area (Å²) in [6.07, 6.45) is 2.33. The quantitative estimate of drug-likeness (QED) is 0.903. The standard InChI is InChI=1S/C22H27NO2/c1-17-8-9-19(18(2)14-17)15-21(24)23-16-22(10-12-25-13-11-22)20-6-4-3-5-7-20/h3-9,14H,10-13,15-16H2,1-2H3,(H,23,24). The zero-order valence-corrected chi connectivity index (χ0v) is 15.2. The number of ether oxygens (including phenoxy) is 1. The van der Waals surface area contributed by atoms with Crippen molar-refractivity contribution in [1.82, 2.24) is 5.32 Å². The van der Waals surface area contributed by atoms with Crippen LogP contribution in [0.25, 0.3) is 0 Å². The van der Waals surface area contributed by atoms with Gasteiger partial charge in [0.15, 0.2) is 0 Å². The molecule has 0 saturated carbocycles. The summed E-state index contributed by atoms with van der Waals surface area (Å²) in [5.74, 6) is 0.0914. The van der Waals surface area contributed by atoms with E-state index < -0.39 is 0 Å². The lowest BCUT2D eigenvalue weighted by atomic mass is 9.74. The third-order valence-electron chi connectivity index (χ3n) is 5.31. The van der Waals surface area contributed by atoms with Crippen molar-refractivity contribution in [1.29, 1.82) is 0 Å². The third kappa shape index (κ3) is 4.29. The molecule has 0 unspecified atom stereocenters. The van der Waals surface area contributed by atoms with Crippen molar-refractivity contribution in [2.75, 3.05) is 19.8 Å². The molecule has 1 aliphatic rings. The van der Waals surface area contributed by atoms with Gasteiger partial charge in [0, 0.05) is 25.2 Å². The van der Waals surface area contributed by atoms with Gasteiger partial charge in [0.25, 0.3) is 0 Å². The number of hydrogen-bond donors (Lipinski definition) is 1. The predicted octanol–water partition coefficient (Wildman–Crippen LogP) is 3.71. The number of rotatable bonds is 5. The molecule has 0 atom stereocenters. The van der Waals surface area contributed by atoms with Crippen LogP contribution in [0.4, 0.5) is 0 Å². The van der Waals surface area contributed by atoms with E-state index in [-0.39, 0.29) is 11.3 Å². The topological polar surface area (TPSA) is 38.3 Å². The molecule has 25 heavy (non-hydrogen) atoms. The van der Waals surface area contributed by atoms with Crippen LogP contribution in [-0.2, 0) is 21.4 Å². The highest BCUT2D eigenvalue weighted by Gasteiger charge is 2.34. The molecule has 0 aliphatic carbocycles. The largest absolute Gasteiger partial charge is 0.381 e. The number of carbonyl (C=O) groups excluding carboxylic acids is 1. The Balaban J connectivity index is 1.68. The SMILES string of the molecule is Cc1ccc(CC(=O)NCC2(c3ccccc3)CCOCC2)c(C)c1. The Bertz CT molecular complexity index is 718. The first kappa shape index (κ1) is 17.7. The molecule has 2 aromatic carbocycles. The molecule has 0 spiro atoms. The number of hydrogen-bond acceptors (Lipinski definition) is 2. The molecule has 1 aliphatic heterocycles. The van der Waals surface area contributed by atoms with E-state index in [1.807, 2.05) is 6.07 Å². The van der Waals surface area contributed by atoms with Gasteiger partial charge in [-0.2, -0.15) is 0 Å². The minimum atomic E-state index is -0.0164. The van der Waals surface area contributed by atoms with Crippen LogP contribution in [-0.4, -0.2) is 25.7 Å². The number of amides is 1. The van der Waals surface area contributed by atoms with Crippen LogP contribution in [0.15, 0.2) is 48.5 Å². The summed E-state index contributed by atoms with van der Waals surface area (Å²) in [5.41, 5.74) is 4.79. The molecule has 2 aromatic rings. The fourth-order valence-electron chi connectivity index (χ4n) is 3.67. The van der Waals surface area contributed by atoms with Crippen LogP contribution in [0, 0.1) is 13.8 Å². The van der Waals surface area contributed by atoms with Crippen LogP contribution in [0.1, 0.15) is 35.1 Å². The van der Waals surface area contributed by atoms with Crippen LogP contribution >= 0.6 is 0 Å². The van der Waals surface area contributed by atoms with E-state index in [1.165, 1.54) is 16.7 Å². The van der Waals surface area contributed by atoms with Gasteiger partial charge in [-0.3, -0.25) is 4.79 Å². The first-order valence-corrected chi connectivity index (χ1v) is 9.05. The van der Waals surface area contributed by atoms with E-state index in [0.717, 1.165) is 31.6 Å². The van der Waals surface area contributed by atoms with Crippen molar-refractivity contribution in [3.05, 3.63) is 70.8 Å². The van der Waals surface area contributed by atoms with Gasteiger partial charge in [-0.05, 0) is 43.4 Å². The second kappa shape index (κ2) is 7.83. The third-order valence-corrected chi connectivity index (χ3v) is 5.31. The van der Waals surface area contributed by atoms with Gasteiger partial charge < -0.3 is 10.1 Å². The smallest absolute Gasteiger partial charge is 0.224 e. The van der Waals surface area contributed by atoms with Crippen molar-refractivity contribution in [3.8, 4) is 0 Å². The first-order valence-electron chi connectivity index (χ1n) is 9.05. The molecule has 3 nitrogen and oxygen atoms in total. The summed E-state index contributed by atoms with van der Waals surface area (Å²) in [6.45, 7) is 6.32. The lowest BCUT2D eigenvalue weighted by molar-refractivity contribution is -0.121. The molecule has 0 aromatic heterocycles. The van der Waals surface area contributed by atoms with Crippen LogP contribution in [0.3, 0.4) is 0 Å². The Morgan fingerprint density at radius 1 is 1.08 bits per heavy atom. The van der Waals surface area contributed by atoms with E-state index in [4.69, 9.17) is 4.74 Å². The van der Waals surface area contributed by atoms with Gasteiger partial charge >= 0.3 is 0 Å². The monoisotopic (exact) mass is 337 g/mol. The van der Waals surface area contributed by atoms with Crippen LogP contribution < -0.4 is 5.32 Å². The summed E-state index contributed by atoms with van der Waals surface area (Å²) < 4.78 is 5.56. The van der Waals surface area contributed by atoms with Crippen molar-refractivity contribution in [2.45, 2.75) is 38.5 Å². The number of aryl methyl sites for hydroxylation is 2. The Hall–Kier alpha value is -2.13. The van der Waals surface area contributed by atoms with Crippen molar-refractivity contribution < 1.29 is 9.53 Å². The van der Waals surface area contributed by atoms with E-state index >= 15 is 0 Å². The average Bonchev–Trinajstić information content (AvgIpc) is 2.64. The Morgan fingerprint density at radius 2 is 1.80 bits per heavy atom. The molecule has 1 N–H and O–H groups in total. The highest BCUT2D eigenvalue weighted by molar-refractivity contribution is 5.79. The zero-order chi connectivity index (χ0) is 17.7. The maximum atomic E-state index is 12.5. The van der Waals surface area contributed by atoms with E-state index in [2.05, 4.69) is 61.6 Å². The fourth-order valence-corrected chi connectivity index (χ4v) is 3.67. The highest BCUT2D eigenvalue weighted by Crippen LogP contribution is 2.34. The fraction of sp³-hybridized carbons (Fsp3) is 0.409. The van der Waals surface area contributed by atoms with Gasteiger partial charge in [-0.25, -0.2) is 0 Å². The predicted molar refractivity (Wildman–Crippen MR) is 101 cm³/mol. The van der Waals surface area contributed by atoms with E-state index in [9.17, 15) is 4.79 Å². The van der Waals surface area contributed by atoms with Crippen LogP contribution in [0.5, 0.6) is 0 Å². The van der Waals surface area contributed by atoms with Crippen molar-refractivity contribution in [3.63, 3.8) is 0 Å². The maximum Gasteiger partial charge on any atom is 0.224 e. The summed E-state index contributed by atoms with van der Waals surface area (Å²) in [6, 6.07) is 16.8. The van der Waals surface area contributed by atoms with E-state index in [1.54, 1.807) is 0 Å². The Kier molecular flexibility index (Phi) is 5.54. The lowest BCUT2D eigenvalue weighted by Crippen LogP contribution is -2.45. The molecule has 132 valence electrons. The number of benzene rings is 2. The first-order chi connectivity index (χ1) is 12.1. The van der Waals surface area contributed by atoms with E-state index in [0.29, 0.717) is 13.0 Å². The zero-order valence-electron chi connectivity index (χ0n) is 15.2. The highest BCUT2D eigenvalue weighted by atomic mass is 16.5. The molecule has 3 heteroatoms. The van der Waals surface area contributed by atoms with Gasteiger partial charge in [0.1, 0.15) is 0 Å². The van der Waals surface area contributed by atoms with Gasteiger partial charge in [-0.15, -0.1) is 0 Å². The Morgan fingerprint density at radius 3 is 2.48 bits per heavy atom. The molecule has 1 fully saturated rings. The van der Waals surface area contributed by atoms with Crippen molar-refractivity contribution in [2.24, 2.45) is 0 Å². The molecular formula is C22H27NO2. The second-order valence-electron chi connectivity index (χ2n) is 7.14. The molecule has 3 rings (SSSR count). The number of carbonyl (C=O) groups is 1. The Labute approximate surface area is 150 Å². The average molecular weight is 337 g/mol.